The molecule has 34 nitrogen and oxygen atoms in total. The van der Waals surface area contributed by atoms with Gasteiger partial charge in [-0.2, -0.15) is 31.0 Å². The second-order valence-corrected chi connectivity index (χ2v) is 23.0. The summed E-state index contributed by atoms with van der Waals surface area (Å²) in [7, 11) is -24.1. The number of nitrogens with zero attached hydrogens (tertiary/aromatic N) is 8. The molecule has 0 bridgehead atoms. The van der Waals surface area contributed by atoms with Crippen LogP contribution in [0.3, 0.4) is 0 Å². The standard InChI is InChI=1S/C43H30N9O22S6.7Na.O3S/c1-70-22-8-12-26(30(17-22)75-73-71-56)46-52-39-34(79(64,65)66)18-25-24(41(39)54)10-13-29(43(25)80(67,68)69)49-51-38-33(78(61,62)63)16-19-6-11-28(42(55)35(19)36(38)44)48-45-21-7-9-23-20(14-21)15-31(76-74-72-57)37(40(23)53)50-47-27-4-2-3-5-32(27)77(58,59)60;;;;;;;;1-4(2)3/h2-10,12-18,53-57H,44H2,1H3,(H,58,59,60)(H,61,62,63)(H,64,65,66)(H,67,68,69);;;;;;;;/q-1;7*+1;/p-6. The number of methoxy groups -OCH3 is 1. The van der Waals surface area contributed by atoms with E-state index in [1.54, 1.807) is 0 Å². The van der Waals surface area contributed by atoms with Gasteiger partial charge in [-0.05, 0) is 78.2 Å². The van der Waals surface area contributed by atoms with E-state index in [1.165, 1.54) is 61.7 Å². The molecule has 0 saturated carbocycles. The van der Waals surface area contributed by atoms with Crippen LogP contribution in [0.25, 0.3) is 32.3 Å². The Morgan fingerprint density at radius 2 is 1.02 bits per heavy atom. The first-order valence-corrected chi connectivity index (χ1v) is 29.5. The average Bonchev–Trinajstić information content (AvgIpc) is 0.780. The van der Waals surface area contributed by atoms with Crippen molar-refractivity contribution in [2.75, 3.05) is 12.8 Å². The van der Waals surface area contributed by atoms with Crippen molar-refractivity contribution in [2.24, 2.45) is 40.9 Å². The van der Waals surface area contributed by atoms with Crippen LogP contribution in [-0.4, -0.2) is 86.9 Å². The fraction of sp³-hybridized carbons (Fsp3) is 0.0233. The van der Waals surface area contributed by atoms with Gasteiger partial charge >= 0.3 is 218 Å². The van der Waals surface area contributed by atoms with Gasteiger partial charge in [0, 0.05) is 33.3 Å². The molecule has 0 spiro atoms. The molecule has 8 rings (SSSR count). The maximum Gasteiger partial charge on any atom is 1.00 e. The molecule has 0 radical (unpaired) electrons. The number of fused-ring (bicyclic) bond motifs is 3. The molecule has 0 saturated heterocycles. The SMILES string of the molecule is COc1ccc(N=Nc2c(S(=O)(=O)[O-])cc3c(S(=O)(=O)[O-])c(N=Nc4c(S(=O)(=O)[O-])cc5c[c-]c(N=Nc6ccc7c(O)c(N=Nc8ccccc8S(=O)(=O)[O-])c(SOO[O-])cc7c6)c(O)c5c4N)ccc3c2O)c(SOO[O-])c1.O=S(=O)=O.[Na+].[Na+].[Na+].[Na+].[Na+].[Na+].[Na+]. The van der Waals surface area contributed by atoms with Gasteiger partial charge in [0.25, 0.3) is 0 Å². The minimum Gasteiger partial charge on any atom is -0.744 e. The van der Waals surface area contributed by atoms with Gasteiger partial charge in [0.05, 0.1) is 66.3 Å². The quantitative estimate of drug-likeness (QED) is 0.00853. The van der Waals surface area contributed by atoms with Crippen LogP contribution in [0.15, 0.2) is 167 Å². The third-order valence-corrected chi connectivity index (χ3v) is 15.5. The van der Waals surface area contributed by atoms with Gasteiger partial charge in [0.1, 0.15) is 80.3 Å². The second-order valence-electron chi connectivity index (χ2n) is 15.7. The van der Waals surface area contributed by atoms with Crippen molar-refractivity contribution >= 4 is 159 Å². The monoisotopic (exact) mass is 1450 g/mol. The number of anilines is 1. The van der Waals surface area contributed by atoms with E-state index in [1.807, 2.05) is 0 Å². The van der Waals surface area contributed by atoms with Crippen LogP contribution < -0.4 is 228 Å². The molecule has 0 atom stereocenters. The van der Waals surface area contributed by atoms with E-state index in [2.05, 4.69) is 65.7 Å². The molecule has 48 heteroatoms. The smallest absolute Gasteiger partial charge is 0.744 e. The van der Waals surface area contributed by atoms with Crippen molar-refractivity contribution in [1.82, 2.24) is 0 Å². The minimum atomic E-state index is -5.88. The largest absolute Gasteiger partial charge is 1.00 e. The van der Waals surface area contributed by atoms with Gasteiger partial charge in [0.2, 0.25) is 0 Å². The Hall–Kier alpha value is -1.34. The van der Waals surface area contributed by atoms with Crippen molar-refractivity contribution in [3.63, 3.8) is 0 Å². The molecule has 0 aliphatic rings. The van der Waals surface area contributed by atoms with Gasteiger partial charge < -0.3 is 54.5 Å². The molecule has 440 valence electrons. The van der Waals surface area contributed by atoms with Crippen LogP contribution in [0.5, 0.6) is 23.0 Å². The van der Waals surface area contributed by atoms with E-state index in [-0.39, 0.29) is 273 Å². The fourth-order valence-corrected chi connectivity index (χ4v) is 11.0. The molecule has 91 heavy (non-hydrogen) atoms. The van der Waals surface area contributed by atoms with Crippen LogP contribution in [0.1, 0.15) is 0 Å². The number of phenolic OH excluding ortho intramolecular Hbond substituents is 3. The average molecular weight is 1450 g/mol. The van der Waals surface area contributed by atoms with Crippen molar-refractivity contribution in [2.45, 2.75) is 29.4 Å². The predicted molar refractivity (Wildman–Crippen MR) is 274 cm³/mol. The summed E-state index contributed by atoms with van der Waals surface area (Å²) in [4.78, 5) is -5.00. The third kappa shape index (κ3) is 22.6. The van der Waals surface area contributed by atoms with Crippen LogP contribution in [-0.2, 0) is 69.8 Å². The molecule has 0 fully saturated rings. The Morgan fingerprint density at radius 1 is 0.505 bits per heavy atom. The predicted octanol–water partition coefficient (Wildman–Crippen LogP) is -14.6. The minimum absolute atomic E-state index is 0. The molecule has 8 aromatic carbocycles. The number of benzene rings is 8. The Labute approximate surface area is 677 Å². The number of azo groups is 4. The van der Waals surface area contributed by atoms with Crippen molar-refractivity contribution < 1.29 is 321 Å². The van der Waals surface area contributed by atoms with Crippen LogP contribution in [0.2, 0.25) is 0 Å². The van der Waals surface area contributed by atoms with Gasteiger partial charge in [-0.15, -0.1) is 48.7 Å². The van der Waals surface area contributed by atoms with Gasteiger partial charge in [-0.1, -0.05) is 23.6 Å². The molecular weight excluding hydrogens is 1430 g/mol. The van der Waals surface area contributed by atoms with E-state index >= 15 is 0 Å². The van der Waals surface area contributed by atoms with Crippen LogP contribution in [0.4, 0.5) is 51.2 Å². The molecule has 0 aromatic heterocycles. The summed E-state index contributed by atoms with van der Waals surface area (Å²) in [6.45, 7) is 0. The Morgan fingerprint density at radius 3 is 1.60 bits per heavy atom. The summed E-state index contributed by atoms with van der Waals surface area (Å²) in [5.74, 6) is -2.49. The Balaban J connectivity index is 0.00000715. The maximum atomic E-state index is 12.9. The molecule has 0 unspecified atom stereocenters. The Bertz CT molecular complexity index is 4740. The number of aromatic hydroxyl groups is 3. The maximum absolute atomic E-state index is 12.9. The number of rotatable bonds is 19. The van der Waals surface area contributed by atoms with Crippen LogP contribution in [0, 0.1) is 6.07 Å². The number of nitrogens with two attached hydrogens (primary N) is 1. The van der Waals surface area contributed by atoms with Crippen molar-refractivity contribution in [1.29, 1.82) is 0 Å². The summed E-state index contributed by atoms with van der Waals surface area (Å²) in [6.07, 6.45) is 0. The summed E-state index contributed by atoms with van der Waals surface area (Å²) in [5.41, 5.74) is 0.919. The van der Waals surface area contributed by atoms with E-state index in [0.29, 0.717) is 24.2 Å². The topological polar surface area (TPSA) is 558 Å². The zero-order chi connectivity index (χ0) is 61.6. The fourth-order valence-electron chi connectivity index (χ4n) is 7.38. The molecule has 0 aliphatic heterocycles. The zero-order valence-electron chi connectivity index (χ0n) is 47.6. The summed E-state index contributed by atoms with van der Waals surface area (Å²) in [6, 6.07) is 20.0. The zero-order valence-corrected chi connectivity index (χ0v) is 67.3. The first kappa shape index (κ1) is 89.7. The molecule has 0 heterocycles. The first-order chi connectivity index (χ1) is 39.5. The van der Waals surface area contributed by atoms with Crippen LogP contribution >= 0.6 is 24.1 Å². The normalized spacial score (nSPS) is 11.6. The third-order valence-electron chi connectivity index (χ3n) is 10.8. The van der Waals surface area contributed by atoms with E-state index in [0.717, 1.165) is 30.3 Å². The summed E-state index contributed by atoms with van der Waals surface area (Å²) >= 11 is 0.549. The van der Waals surface area contributed by atoms with Gasteiger partial charge in [-0.3, -0.25) is 10.1 Å². The number of nitrogen functional groups attached to an aromatic ring is 1. The van der Waals surface area contributed by atoms with E-state index in [4.69, 9.17) is 23.1 Å². The molecule has 5 N–H and O–H groups in total. The van der Waals surface area contributed by atoms with Crippen molar-refractivity contribution in [3.05, 3.63) is 103 Å². The molecule has 8 aromatic rings. The molecule has 0 amide bonds. The van der Waals surface area contributed by atoms with Crippen molar-refractivity contribution in [3.8, 4) is 23.0 Å². The summed E-state index contributed by atoms with van der Waals surface area (Å²) < 4.78 is 189. The van der Waals surface area contributed by atoms with Gasteiger partial charge in [-0.25, -0.2) is 33.7 Å². The Kier molecular flexibility index (Phi) is 38.1. The van der Waals surface area contributed by atoms with E-state index in [9.17, 15) is 77.7 Å². The number of ether oxygens (including phenoxy) is 1. The summed E-state index contributed by atoms with van der Waals surface area (Å²) in [5, 5.41) is 90.3. The number of phenols is 3. The first-order valence-electron chi connectivity index (χ1n) is 21.4. The molecular formula is C43H24N9Na7O25S7. The second kappa shape index (κ2) is 38.7. The molecule has 0 aliphatic carbocycles. The van der Waals surface area contributed by atoms with E-state index < -0.39 is 133 Å². The number of hydrogen-bond donors (Lipinski definition) is 4. The number of hydrogen-bond acceptors (Lipinski definition) is 36. The van der Waals surface area contributed by atoms with Gasteiger partial charge in [0.15, 0.2) is 11.5 Å².